The predicted octanol–water partition coefficient (Wildman–Crippen LogP) is 0.450. The summed E-state index contributed by atoms with van der Waals surface area (Å²) in [7, 11) is 0. The van der Waals surface area contributed by atoms with E-state index in [-0.39, 0.29) is 43.5 Å². The van der Waals surface area contributed by atoms with E-state index in [0.717, 1.165) is 12.8 Å². The maximum absolute atomic E-state index is 13.8. The van der Waals surface area contributed by atoms with Crippen molar-refractivity contribution in [2.75, 3.05) is 13.1 Å². The van der Waals surface area contributed by atoms with Crippen LogP contribution in [0.1, 0.15) is 61.9 Å². The number of amides is 4. The molecule has 2 saturated carbocycles. The van der Waals surface area contributed by atoms with Crippen molar-refractivity contribution in [2.45, 2.75) is 75.5 Å². The predicted molar refractivity (Wildman–Crippen MR) is 136 cm³/mol. The van der Waals surface area contributed by atoms with Gasteiger partial charge in [0.15, 0.2) is 5.76 Å². The van der Waals surface area contributed by atoms with Crippen molar-refractivity contribution >= 4 is 35.6 Å². The van der Waals surface area contributed by atoms with Gasteiger partial charge in [0.05, 0.1) is 6.26 Å². The van der Waals surface area contributed by atoms with Crippen LogP contribution in [0, 0.1) is 17.8 Å². The van der Waals surface area contributed by atoms with Crippen molar-refractivity contribution in [1.29, 1.82) is 0 Å². The van der Waals surface area contributed by atoms with E-state index in [9.17, 15) is 39.0 Å². The summed E-state index contributed by atoms with van der Waals surface area (Å²) < 4.78 is 5.09. The Morgan fingerprint density at radius 2 is 1.30 bits per heavy atom. The second-order valence-electron chi connectivity index (χ2n) is 11.3. The van der Waals surface area contributed by atoms with Crippen molar-refractivity contribution in [3.8, 4) is 0 Å². The fourth-order valence-corrected chi connectivity index (χ4v) is 6.31. The van der Waals surface area contributed by atoms with Crippen LogP contribution in [0.5, 0.6) is 0 Å². The molecule has 1 aromatic rings. The first-order valence-electron chi connectivity index (χ1n) is 13.8. The Morgan fingerprint density at radius 3 is 1.75 bits per heavy atom. The highest BCUT2D eigenvalue weighted by Gasteiger charge is 2.49. The zero-order valence-corrected chi connectivity index (χ0v) is 22.0. The molecule has 3 heterocycles. The summed E-state index contributed by atoms with van der Waals surface area (Å²) in [6.45, 7) is 0.0183. The maximum atomic E-state index is 13.8. The number of nitrogens with zero attached hydrogens (tertiary/aromatic N) is 2. The van der Waals surface area contributed by atoms with Crippen molar-refractivity contribution < 1.29 is 43.4 Å². The summed E-state index contributed by atoms with van der Waals surface area (Å²) in [6.07, 6.45) is 5.15. The lowest BCUT2D eigenvalue weighted by Gasteiger charge is -2.36. The van der Waals surface area contributed by atoms with Crippen LogP contribution in [0.3, 0.4) is 0 Å². The number of carboxylic acids is 2. The zero-order valence-electron chi connectivity index (χ0n) is 22.0. The number of hydrogen-bond acceptors (Lipinski definition) is 7. The lowest BCUT2D eigenvalue weighted by molar-refractivity contribution is -0.156. The first-order valence-corrected chi connectivity index (χ1v) is 13.8. The lowest BCUT2D eigenvalue weighted by atomic mass is 9.77. The number of hydrogen-bond donors (Lipinski definition) is 4. The fourth-order valence-electron chi connectivity index (χ4n) is 6.31. The van der Waals surface area contributed by atoms with Crippen LogP contribution < -0.4 is 10.6 Å². The minimum atomic E-state index is -1.21. The SMILES string of the molecule is O=C(N[C@H]1C[C@@H](C(=O)O)N(C(=O)[C@H]2CCCC[C@H]2C(=O)N2C[C@@H](NC(=O)C3CC3)C[C@H]2C(=O)O)C1)c1ccco1. The van der Waals surface area contributed by atoms with Crippen molar-refractivity contribution in [1.82, 2.24) is 20.4 Å². The van der Waals surface area contributed by atoms with Crippen molar-refractivity contribution in [2.24, 2.45) is 17.8 Å². The zero-order chi connectivity index (χ0) is 28.6. The molecule has 0 radical (unpaired) electrons. The number of carboxylic acid groups (broad SMARTS) is 2. The van der Waals surface area contributed by atoms with Crippen LogP contribution in [-0.4, -0.2) is 92.8 Å². The summed E-state index contributed by atoms with van der Waals surface area (Å²) in [5, 5.41) is 25.3. The van der Waals surface area contributed by atoms with Gasteiger partial charge in [0.25, 0.3) is 5.91 Å². The highest BCUT2D eigenvalue weighted by atomic mass is 16.4. The largest absolute Gasteiger partial charge is 0.480 e. The van der Waals surface area contributed by atoms with Crippen LogP contribution in [0.25, 0.3) is 0 Å². The molecule has 40 heavy (non-hydrogen) atoms. The van der Waals surface area contributed by atoms with Crippen molar-refractivity contribution in [3.63, 3.8) is 0 Å². The molecule has 4 fully saturated rings. The van der Waals surface area contributed by atoms with E-state index in [4.69, 9.17) is 4.42 Å². The number of rotatable bonds is 8. The molecule has 216 valence electrons. The van der Waals surface area contributed by atoms with Gasteiger partial charge in [-0.3, -0.25) is 19.2 Å². The third kappa shape index (κ3) is 5.68. The van der Waals surface area contributed by atoms with E-state index >= 15 is 0 Å². The molecule has 2 aliphatic carbocycles. The van der Waals surface area contributed by atoms with Crippen LogP contribution in [0.4, 0.5) is 0 Å². The minimum absolute atomic E-state index is 0.00837. The van der Waals surface area contributed by atoms with Crippen molar-refractivity contribution in [3.05, 3.63) is 24.2 Å². The smallest absolute Gasteiger partial charge is 0.326 e. The van der Waals surface area contributed by atoms with Gasteiger partial charge in [-0.2, -0.15) is 0 Å². The molecule has 5 rings (SSSR count). The topological polar surface area (TPSA) is 187 Å². The van der Waals surface area contributed by atoms with Gasteiger partial charge in [0, 0.05) is 55.8 Å². The van der Waals surface area contributed by atoms with Gasteiger partial charge >= 0.3 is 11.9 Å². The molecule has 2 aliphatic heterocycles. The molecular weight excluding hydrogens is 524 g/mol. The quantitative estimate of drug-likeness (QED) is 0.351. The van der Waals surface area contributed by atoms with E-state index in [2.05, 4.69) is 10.6 Å². The van der Waals surface area contributed by atoms with Gasteiger partial charge in [0.1, 0.15) is 12.1 Å². The molecule has 2 saturated heterocycles. The normalized spacial score (nSPS) is 30.1. The Balaban J connectivity index is 1.29. The number of furan rings is 1. The van der Waals surface area contributed by atoms with E-state index in [1.165, 1.54) is 22.1 Å². The first-order chi connectivity index (χ1) is 19.1. The molecule has 0 unspecified atom stereocenters. The molecule has 4 N–H and O–H groups in total. The number of carbonyl (C=O) groups excluding carboxylic acids is 4. The minimum Gasteiger partial charge on any atom is -0.480 e. The standard InChI is InChI=1S/C27H34N4O9/c32-22(14-7-8-14)28-15-10-19(26(36)37)30(12-15)24(34)17-4-1-2-5-18(17)25(35)31-13-16(11-20(31)27(38)39)29-23(33)21-6-3-9-40-21/h3,6,9,14-20H,1-2,4-5,7-8,10-13H2,(H,28,32)(H,29,33)(H,36,37)(H,38,39)/t15-,16-,17+,18-,19-,20-/m0/s1. The molecule has 13 heteroatoms. The number of aliphatic carboxylic acids is 2. The second kappa shape index (κ2) is 11.3. The fraction of sp³-hybridized carbons (Fsp3) is 0.630. The van der Waals surface area contributed by atoms with Gasteiger partial charge in [-0.05, 0) is 37.8 Å². The highest BCUT2D eigenvalue weighted by molar-refractivity contribution is 5.94. The number of carbonyl (C=O) groups is 6. The molecular formula is C27H34N4O9. The molecule has 13 nitrogen and oxygen atoms in total. The Morgan fingerprint density at radius 1 is 0.775 bits per heavy atom. The highest BCUT2D eigenvalue weighted by Crippen LogP contribution is 2.37. The van der Waals surface area contributed by atoms with Gasteiger partial charge in [0.2, 0.25) is 17.7 Å². The monoisotopic (exact) mass is 558 g/mol. The summed E-state index contributed by atoms with van der Waals surface area (Å²) in [5.74, 6) is -5.55. The van der Waals surface area contributed by atoms with E-state index < -0.39 is 65.7 Å². The first kappa shape index (κ1) is 27.7. The van der Waals surface area contributed by atoms with Gasteiger partial charge in [-0.15, -0.1) is 0 Å². The van der Waals surface area contributed by atoms with Crippen LogP contribution in [-0.2, 0) is 24.0 Å². The Bertz CT molecular complexity index is 1180. The molecule has 0 aromatic carbocycles. The molecule has 0 spiro atoms. The Labute approximate surface area is 230 Å². The molecule has 4 amide bonds. The summed E-state index contributed by atoms with van der Waals surface area (Å²) in [6, 6.07) is -0.360. The van der Waals surface area contributed by atoms with Crippen LogP contribution >= 0.6 is 0 Å². The molecule has 6 atom stereocenters. The van der Waals surface area contributed by atoms with Crippen LogP contribution in [0.2, 0.25) is 0 Å². The summed E-state index contributed by atoms with van der Waals surface area (Å²) >= 11 is 0. The second-order valence-corrected chi connectivity index (χ2v) is 11.3. The van der Waals surface area contributed by atoms with E-state index in [0.29, 0.717) is 25.7 Å². The van der Waals surface area contributed by atoms with Gasteiger partial charge < -0.3 is 35.1 Å². The van der Waals surface area contributed by atoms with Gasteiger partial charge in [-0.1, -0.05) is 12.8 Å². The maximum Gasteiger partial charge on any atom is 0.326 e. The van der Waals surface area contributed by atoms with E-state index in [1.807, 2.05) is 0 Å². The molecule has 4 aliphatic rings. The Kier molecular flexibility index (Phi) is 7.81. The summed E-state index contributed by atoms with van der Waals surface area (Å²) in [5.41, 5.74) is 0. The van der Waals surface area contributed by atoms with E-state index in [1.54, 1.807) is 6.07 Å². The third-order valence-corrected chi connectivity index (χ3v) is 8.51. The number of likely N-dealkylation sites (tertiary alicyclic amines) is 2. The average molecular weight is 559 g/mol. The van der Waals surface area contributed by atoms with Gasteiger partial charge in [-0.25, -0.2) is 9.59 Å². The third-order valence-electron chi connectivity index (χ3n) is 8.51. The Hall–Kier alpha value is -3.90. The molecule has 0 bridgehead atoms. The number of nitrogens with one attached hydrogen (secondary N) is 2. The summed E-state index contributed by atoms with van der Waals surface area (Å²) in [4.78, 5) is 78.9. The average Bonchev–Trinajstić information content (AvgIpc) is 3.29. The lowest BCUT2D eigenvalue weighted by Crippen LogP contribution is -2.51. The molecule has 1 aromatic heterocycles. The van der Waals surface area contributed by atoms with Crippen LogP contribution in [0.15, 0.2) is 22.8 Å².